The van der Waals surface area contributed by atoms with Gasteiger partial charge in [-0.25, -0.2) is 14.6 Å². The highest BCUT2D eigenvalue weighted by Crippen LogP contribution is 2.47. The maximum atomic E-state index is 12.8. The number of nitrogens with one attached hydrogen (secondary N) is 1. The number of anilines is 1. The summed E-state index contributed by atoms with van der Waals surface area (Å²) in [6.07, 6.45) is 4.52. The van der Waals surface area contributed by atoms with Gasteiger partial charge in [-0.1, -0.05) is 41.8 Å². The number of methoxy groups -OCH3 is 1. The van der Waals surface area contributed by atoms with E-state index in [-0.39, 0.29) is 23.2 Å². The second-order valence-electron chi connectivity index (χ2n) is 11.1. The average Bonchev–Trinajstić information content (AvgIpc) is 3.20. The van der Waals surface area contributed by atoms with Gasteiger partial charge >= 0.3 is 12.1 Å². The normalized spacial score (nSPS) is 19.1. The number of piperidine rings is 1. The van der Waals surface area contributed by atoms with Crippen LogP contribution in [0.15, 0.2) is 24.3 Å². The van der Waals surface area contributed by atoms with Gasteiger partial charge in [0, 0.05) is 24.7 Å². The second kappa shape index (κ2) is 10.7. The third-order valence-corrected chi connectivity index (χ3v) is 8.29. The molecule has 1 saturated carbocycles. The van der Waals surface area contributed by atoms with E-state index in [9.17, 15) is 9.59 Å². The number of hydrogen-bond donors (Lipinski definition) is 1. The zero-order valence-corrected chi connectivity index (χ0v) is 23.6. The summed E-state index contributed by atoms with van der Waals surface area (Å²) in [5.41, 5.74) is 2.65. The molecule has 4 rings (SSSR count). The highest BCUT2D eigenvalue weighted by molar-refractivity contribution is 6.43. The first-order valence-corrected chi connectivity index (χ1v) is 13.5. The summed E-state index contributed by atoms with van der Waals surface area (Å²) in [6.45, 7) is 9.05. The van der Waals surface area contributed by atoms with E-state index in [4.69, 9.17) is 37.7 Å². The molecule has 37 heavy (non-hydrogen) atoms. The Morgan fingerprint density at radius 2 is 1.86 bits per heavy atom. The van der Waals surface area contributed by atoms with Gasteiger partial charge in [-0.2, -0.15) is 0 Å². The number of pyridine rings is 1. The Hall–Kier alpha value is -2.51. The molecule has 2 aliphatic rings. The molecule has 1 aliphatic heterocycles. The Morgan fingerprint density at radius 3 is 2.51 bits per heavy atom. The van der Waals surface area contributed by atoms with Gasteiger partial charge in [-0.05, 0) is 76.5 Å². The van der Waals surface area contributed by atoms with Crippen LogP contribution in [0.4, 0.5) is 10.5 Å². The van der Waals surface area contributed by atoms with Crippen LogP contribution in [0.2, 0.25) is 10.0 Å². The minimum Gasteiger partial charge on any atom is -0.464 e. The molecule has 1 aromatic carbocycles. The summed E-state index contributed by atoms with van der Waals surface area (Å²) in [4.78, 5) is 32.3. The SMILES string of the molecule is COC(=O)c1nc(-c2cccc(Cl)c2Cl)c(C)cc1N1CCC2(CCC[C@H]2NC(=O)OC(C)(C)C)CC1. The molecular formula is C28H35Cl2N3O4. The van der Waals surface area contributed by atoms with Crippen molar-refractivity contribution >= 4 is 41.0 Å². The van der Waals surface area contributed by atoms with Gasteiger partial charge in [0.1, 0.15) is 5.60 Å². The average molecular weight is 549 g/mol. The molecule has 1 atom stereocenters. The first-order valence-electron chi connectivity index (χ1n) is 12.7. The van der Waals surface area contributed by atoms with Crippen molar-refractivity contribution in [3.8, 4) is 11.3 Å². The number of benzene rings is 1. The number of carbonyl (C=O) groups excluding carboxylic acids is 2. The van der Waals surface area contributed by atoms with E-state index < -0.39 is 11.6 Å². The molecule has 9 heteroatoms. The molecule has 1 aliphatic carbocycles. The van der Waals surface area contributed by atoms with Crippen LogP contribution in [-0.4, -0.2) is 48.9 Å². The largest absolute Gasteiger partial charge is 0.464 e. The maximum absolute atomic E-state index is 12.8. The van der Waals surface area contributed by atoms with Crippen molar-refractivity contribution < 1.29 is 19.1 Å². The van der Waals surface area contributed by atoms with Crippen molar-refractivity contribution in [2.75, 3.05) is 25.1 Å². The van der Waals surface area contributed by atoms with Gasteiger partial charge in [0.25, 0.3) is 0 Å². The molecule has 1 aromatic heterocycles. The van der Waals surface area contributed by atoms with Gasteiger partial charge < -0.3 is 19.7 Å². The maximum Gasteiger partial charge on any atom is 0.407 e. The third kappa shape index (κ3) is 5.83. The van der Waals surface area contributed by atoms with Crippen LogP contribution in [0, 0.1) is 12.3 Å². The lowest BCUT2D eigenvalue weighted by Gasteiger charge is -2.44. The Kier molecular flexibility index (Phi) is 7.96. The highest BCUT2D eigenvalue weighted by Gasteiger charge is 2.46. The molecule has 1 N–H and O–H groups in total. The molecule has 0 unspecified atom stereocenters. The van der Waals surface area contributed by atoms with Gasteiger partial charge in [0.15, 0.2) is 5.69 Å². The van der Waals surface area contributed by atoms with E-state index in [0.717, 1.165) is 56.4 Å². The van der Waals surface area contributed by atoms with Gasteiger partial charge in [-0.15, -0.1) is 0 Å². The predicted octanol–water partition coefficient (Wildman–Crippen LogP) is 6.81. The van der Waals surface area contributed by atoms with Crippen LogP contribution in [0.5, 0.6) is 0 Å². The summed E-state index contributed by atoms with van der Waals surface area (Å²) in [7, 11) is 1.36. The van der Waals surface area contributed by atoms with Crippen LogP contribution in [0.25, 0.3) is 11.3 Å². The lowest BCUT2D eigenvalue weighted by atomic mass is 9.74. The van der Waals surface area contributed by atoms with Crippen LogP contribution in [0.1, 0.15) is 68.9 Å². The van der Waals surface area contributed by atoms with Crippen LogP contribution >= 0.6 is 23.2 Å². The van der Waals surface area contributed by atoms with Crippen LogP contribution < -0.4 is 10.2 Å². The van der Waals surface area contributed by atoms with E-state index in [2.05, 4.69) is 10.2 Å². The summed E-state index contributed by atoms with van der Waals surface area (Å²) < 4.78 is 10.6. The van der Waals surface area contributed by atoms with Crippen molar-refractivity contribution in [2.24, 2.45) is 5.41 Å². The number of aryl methyl sites for hydroxylation is 1. The van der Waals surface area contributed by atoms with Crippen molar-refractivity contribution in [3.05, 3.63) is 45.6 Å². The molecule has 1 spiro atoms. The van der Waals surface area contributed by atoms with Crippen LogP contribution in [0.3, 0.4) is 0 Å². The number of carbonyl (C=O) groups is 2. The van der Waals surface area contributed by atoms with E-state index in [1.54, 1.807) is 6.07 Å². The van der Waals surface area contributed by atoms with E-state index in [1.165, 1.54) is 7.11 Å². The molecular weight excluding hydrogens is 513 g/mol. The molecule has 2 fully saturated rings. The van der Waals surface area contributed by atoms with Gasteiger partial charge in [0.2, 0.25) is 0 Å². The number of rotatable bonds is 4. The molecule has 0 bridgehead atoms. The minimum absolute atomic E-state index is 0.0234. The summed E-state index contributed by atoms with van der Waals surface area (Å²) >= 11 is 12.7. The number of halogens is 2. The molecule has 7 nitrogen and oxygen atoms in total. The first kappa shape index (κ1) is 27.5. The highest BCUT2D eigenvalue weighted by atomic mass is 35.5. The van der Waals surface area contributed by atoms with Crippen LogP contribution in [-0.2, 0) is 9.47 Å². The molecule has 2 aromatic rings. The second-order valence-corrected chi connectivity index (χ2v) is 11.8. The summed E-state index contributed by atoms with van der Waals surface area (Å²) in [5.74, 6) is -0.500. The Morgan fingerprint density at radius 1 is 1.16 bits per heavy atom. The minimum atomic E-state index is -0.532. The molecule has 1 amide bonds. The van der Waals surface area contributed by atoms with Gasteiger partial charge in [0.05, 0.1) is 28.5 Å². The number of amides is 1. The number of ether oxygens (including phenoxy) is 2. The number of hydrogen-bond acceptors (Lipinski definition) is 6. The van der Waals surface area contributed by atoms with Crippen molar-refractivity contribution in [1.29, 1.82) is 0 Å². The fraction of sp³-hybridized carbons (Fsp3) is 0.536. The molecule has 2 heterocycles. The predicted molar refractivity (Wildman–Crippen MR) is 147 cm³/mol. The van der Waals surface area contributed by atoms with Crippen molar-refractivity contribution in [1.82, 2.24) is 10.3 Å². The number of nitrogens with zero attached hydrogens (tertiary/aromatic N) is 2. The number of aromatic nitrogens is 1. The van der Waals surface area contributed by atoms with E-state index in [0.29, 0.717) is 21.3 Å². The van der Waals surface area contributed by atoms with E-state index >= 15 is 0 Å². The Labute approximate surface area is 228 Å². The number of esters is 1. The molecule has 0 radical (unpaired) electrons. The lowest BCUT2D eigenvalue weighted by molar-refractivity contribution is 0.0441. The molecule has 200 valence electrons. The van der Waals surface area contributed by atoms with Crippen molar-refractivity contribution in [2.45, 2.75) is 71.4 Å². The standard InChI is InChI=1S/C28H35Cl2N3O4/c1-17-16-20(24(25(34)36-5)32-23(17)18-8-6-9-19(29)22(18)30)33-14-12-28(13-15-33)11-7-10-21(28)31-26(35)37-27(2,3)4/h6,8-9,16,21H,7,10-15H2,1-5H3,(H,31,35)/t21-/m1/s1. The number of alkyl carbamates (subject to hydrolysis) is 1. The Bertz CT molecular complexity index is 1190. The zero-order chi connectivity index (χ0) is 27.0. The quantitative estimate of drug-likeness (QED) is 0.423. The van der Waals surface area contributed by atoms with Gasteiger partial charge in [-0.3, -0.25) is 0 Å². The fourth-order valence-electron chi connectivity index (χ4n) is 5.65. The third-order valence-electron chi connectivity index (χ3n) is 7.48. The first-order chi connectivity index (χ1) is 17.4. The lowest BCUT2D eigenvalue weighted by Crippen LogP contribution is -2.51. The monoisotopic (exact) mass is 547 g/mol. The Balaban J connectivity index is 1.58. The zero-order valence-electron chi connectivity index (χ0n) is 22.1. The topological polar surface area (TPSA) is 80.8 Å². The fourth-order valence-corrected chi connectivity index (χ4v) is 6.04. The smallest absolute Gasteiger partial charge is 0.407 e. The molecule has 1 saturated heterocycles. The summed E-state index contributed by atoms with van der Waals surface area (Å²) in [6, 6.07) is 7.43. The van der Waals surface area contributed by atoms with E-state index in [1.807, 2.05) is 45.9 Å². The summed E-state index contributed by atoms with van der Waals surface area (Å²) in [5, 5.41) is 3.97. The van der Waals surface area contributed by atoms with Crippen molar-refractivity contribution in [3.63, 3.8) is 0 Å².